The van der Waals surface area contributed by atoms with E-state index in [9.17, 15) is 4.79 Å². The molecule has 1 aliphatic carbocycles. The summed E-state index contributed by atoms with van der Waals surface area (Å²) in [5, 5.41) is 0.418. The number of hydrogen-bond acceptors (Lipinski definition) is 1. The van der Waals surface area contributed by atoms with Crippen molar-refractivity contribution in [1.82, 2.24) is 0 Å². The van der Waals surface area contributed by atoms with E-state index in [4.69, 9.17) is 17.3 Å². The second kappa shape index (κ2) is 8.81. The molecule has 4 rings (SSSR count). The highest BCUT2D eigenvalue weighted by atomic mass is 35.5. The quantitative estimate of drug-likeness (QED) is 0.559. The topological polar surface area (TPSA) is 43.1 Å². The highest BCUT2D eigenvalue weighted by Gasteiger charge is 2.20. The van der Waals surface area contributed by atoms with Crippen LogP contribution in [-0.4, -0.2) is 5.91 Å². The molecule has 3 aromatic carbocycles. The van der Waals surface area contributed by atoms with Gasteiger partial charge >= 0.3 is 0 Å². The van der Waals surface area contributed by atoms with Crippen LogP contribution >= 0.6 is 24.0 Å². The zero-order valence-electron chi connectivity index (χ0n) is 15.5. The molecule has 0 fully saturated rings. The van der Waals surface area contributed by atoms with Gasteiger partial charge in [-0.25, -0.2) is 0 Å². The summed E-state index contributed by atoms with van der Waals surface area (Å²) in [6.07, 6.45) is 4.67. The Morgan fingerprint density at radius 2 is 1.57 bits per heavy atom. The van der Waals surface area contributed by atoms with Gasteiger partial charge < -0.3 is 5.73 Å². The molecule has 0 bridgehead atoms. The Labute approximate surface area is 177 Å². The summed E-state index contributed by atoms with van der Waals surface area (Å²) < 4.78 is 0. The lowest BCUT2D eigenvalue weighted by Gasteiger charge is -2.11. The predicted molar refractivity (Wildman–Crippen MR) is 118 cm³/mol. The number of primary amides is 1. The molecule has 2 nitrogen and oxygen atoms in total. The number of carbonyl (C=O) groups is 1. The third-order valence-electron chi connectivity index (χ3n) is 5.51. The highest BCUT2D eigenvalue weighted by molar-refractivity contribution is 6.36. The Bertz CT molecular complexity index is 957. The molecule has 28 heavy (non-hydrogen) atoms. The van der Waals surface area contributed by atoms with Gasteiger partial charge in [0.2, 0.25) is 5.91 Å². The van der Waals surface area contributed by atoms with Gasteiger partial charge in [0.25, 0.3) is 0 Å². The van der Waals surface area contributed by atoms with Crippen LogP contribution in [-0.2, 0) is 19.3 Å². The molecule has 1 amide bonds. The average Bonchev–Trinajstić information content (AvgIpc) is 3.10. The number of hydrogen-bond donors (Lipinski definition) is 1. The van der Waals surface area contributed by atoms with E-state index in [0.717, 1.165) is 23.5 Å². The molecule has 0 saturated carbocycles. The molecule has 0 unspecified atom stereocenters. The van der Waals surface area contributed by atoms with Crippen molar-refractivity contribution in [3.63, 3.8) is 0 Å². The van der Waals surface area contributed by atoms with Gasteiger partial charge in [0.15, 0.2) is 0 Å². The second-order valence-electron chi connectivity index (χ2n) is 7.31. The Kier molecular flexibility index (Phi) is 6.43. The number of aryl methyl sites for hydroxylation is 1. The van der Waals surface area contributed by atoms with Crippen LogP contribution in [0.5, 0.6) is 0 Å². The van der Waals surface area contributed by atoms with Crippen LogP contribution in [0.2, 0.25) is 5.02 Å². The van der Waals surface area contributed by atoms with Crippen molar-refractivity contribution in [1.29, 1.82) is 0 Å². The van der Waals surface area contributed by atoms with E-state index >= 15 is 0 Å². The minimum Gasteiger partial charge on any atom is -0.366 e. The highest BCUT2D eigenvalue weighted by Crippen LogP contribution is 2.32. The maximum atomic E-state index is 11.5. The van der Waals surface area contributed by atoms with Crippen LogP contribution in [0.1, 0.15) is 33.5 Å². The molecule has 0 radical (unpaired) electrons. The van der Waals surface area contributed by atoms with E-state index in [1.165, 1.54) is 36.0 Å². The van der Waals surface area contributed by atoms with Crippen LogP contribution in [0.15, 0.2) is 66.7 Å². The van der Waals surface area contributed by atoms with Crippen LogP contribution in [0, 0.1) is 5.92 Å². The van der Waals surface area contributed by atoms with E-state index in [1.54, 1.807) is 6.07 Å². The molecule has 0 spiro atoms. The van der Waals surface area contributed by atoms with Gasteiger partial charge in [0.1, 0.15) is 0 Å². The SMILES string of the molecule is Cl.NC(=O)c1cccc(-c2ccc(CCC3Cc4ccccc4C3)cc2)c1Cl. The summed E-state index contributed by atoms with van der Waals surface area (Å²) in [5.74, 6) is 0.236. The van der Waals surface area contributed by atoms with Gasteiger partial charge in [-0.1, -0.05) is 72.3 Å². The fourth-order valence-electron chi connectivity index (χ4n) is 4.02. The first-order chi connectivity index (χ1) is 13.1. The van der Waals surface area contributed by atoms with E-state index < -0.39 is 5.91 Å². The largest absolute Gasteiger partial charge is 0.366 e. The summed E-state index contributed by atoms with van der Waals surface area (Å²) in [6.45, 7) is 0. The van der Waals surface area contributed by atoms with Gasteiger partial charge in [0.05, 0.1) is 10.6 Å². The first-order valence-corrected chi connectivity index (χ1v) is 9.74. The lowest BCUT2D eigenvalue weighted by Crippen LogP contribution is -2.11. The molecule has 0 saturated heterocycles. The Balaban J connectivity index is 0.00000225. The van der Waals surface area contributed by atoms with Crippen molar-refractivity contribution >= 4 is 29.9 Å². The van der Waals surface area contributed by atoms with E-state index in [1.807, 2.05) is 12.1 Å². The van der Waals surface area contributed by atoms with E-state index in [-0.39, 0.29) is 12.4 Å². The number of amides is 1. The van der Waals surface area contributed by atoms with Crippen molar-refractivity contribution < 1.29 is 4.79 Å². The van der Waals surface area contributed by atoms with Gasteiger partial charge in [-0.2, -0.15) is 0 Å². The third kappa shape index (κ3) is 4.24. The summed E-state index contributed by atoms with van der Waals surface area (Å²) >= 11 is 6.37. The maximum absolute atomic E-state index is 11.5. The summed E-state index contributed by atoms with van der Waals surface area (Å²) in [7, 11) is 0. The smallest absolute Gasteiger partial charge is 0.250 e. The first kappa shape index (κ1) is 20.4. The lowest BCUT2D eigenvalue weighted by molar-refractivity contribution is 0.100. The average molecular weight is 412 g/mol. The Morgan fingerprint density at radius 1 is 0.929 bits per heavy atom. The molecule has 0 heterocycles. The molecule has 1 aliphatic rings. The molecule has 0 atom stereocenters. The van der Waals surface area contributed by atoms with Crippen LogP contribution in [0.3, 0.4) is 0 Å². The molecule has 3 aromatic rings. The lowest BCUT2D eigenvalue weighted by atomic mass is 9.95. The second-order valence-corrected chi connectivity index (χ2v) is 7.69. The molecular weight excluding hydrogens is 389 g/mol. The Morgan fingerprint density at radius 3 is 2.18 bits per heavy atom. The zero-order chi connectivity index (χ0) is 18.8. The first-order valence-electron chi connectivity index (χ1n) is 9.36. The monoisotopic (exact) mass is 411 g/mol. The minimum absolute atomic E-state index is 0. The maximum Gasteiger partial charge on any atom is 0.250 e. The molecular formula is C24H23Cl2NO. The fraction of sp³-hybridized carbons (Fsp3) is 0.208. The molecule has 2 N–H and O–H groups in total. The number of benzene rings is 3. The Hall–Kier alpha value is -2.29. The fourth-order valence-corrected chi connectivity index (χ4v) is 4.35. The summed E-state index contributed by atoms with van der Waals surface area (Å²) in [4.78, 5) is 11.5. The predicted octanol–water partition coefficient (Wildman–Crippen LogP) is 5.88. The molecule has 144 valence electrons. The van der Waals surface area contributed by atoms with Gasteiger partial charge in [-0.05, 0) is 59.9 Å². The van der Waals surface area contributed by atoms with Gasteiger partial charge in [-0.3, -0.25) is 4.79 Å². The van der Waals surface area contributed by atoms with Crippen LogP contribution in [0.25, 0.3) is 11.1 Å². The summed E-state index contributed by atoms with van der Waals surface area (Å²) in [6, 6.07) is 22.6. The molecule has 0 aromatic heterocycles. The van der Waals surface area contributed by atoms with E-state index in [0.29, 0.717) is 10.6 Å². The number of halogens is 2. The minimum atomic E-state index is -0.504. The van der Waals surface area contributed by atoms with Gasteiger partial charge in [-0.15, -0.1) is 12.4 Å². The normalized spacial score (nSPS) is 13.0. The van der Waals surface area contributed by atoms with Gasteiger partial charge in [0, 0.05) is 5.56 Å². The van der Waals surface area contributed by atoms with Crippen molar-refractivity contribution in [2.45, 2.75) is 25.7 Å². The summed E-state index contributed by atoms with van der Waals surface area (Å²) in [5.41, 5.74) is 12.0. The molecule has 4 heteroatoms. The number of fused-ring (bicyclic) bond motifs is 1. The third-order valence-corrected chi connectivity index (χ3v) is 5.91. The van der Waals surface area contributed by atoms with Crippen molar-refractivity contribution in [3.8, 4) is 11.1 Å². The number of rotatable bonds is 5. The number of carbonyl (C=O) groups excluding carboxylic acids is 1. The van der Waals surface area contributed by atoms with Crippen LogP contribution < -0.4 is 5.73 Å². The van der Waals surface area contributed by atoms with Crippen molar-refractivity contribution in [3.05, 3.63) is 94.0 Å². The standard InChI is InChI=1S/C24H22ClNO.ClH/c25-23-21(6-3-7-22(23)24(26)27)18-12-10-16(11-13-18)8-9-17-14-19-4-1-2-5-20(19)15-17;/h1-7,10-13,17H,8-9,14-15H2,(H2,26,27);1H. The zero-order valence-corrected chi connectivity index (χ0v) is 17.1. The van der Waals surface area contributed by atoms with Crippen molar-refractivity contribution in [2.75, 3.05) is 0 Å². The van der Waals surface area contributed by atoms with Crippen molar-refractivity contribution in [2.24, 2.45) is 11.7 Å². The number of nitrogens with two attached hydrogens (primary N) is 1. The van der Waals surface area contributed by atoms with E-state index in [2.05, 4.69) is 48.5 Å². The molecule has 0 aliphatic heterocycles. The van der Waals surface area contributed by atoms with Crippen LogP contribution in [0.4, 0.5) is 0 Å².